The third-order valence-electron chi connectivity index (χ3n) is 3.28. The summed E-state index contributed by atoms with van der Waals surface area (Å²) in [5.74, 6) is 0.268. The van der Waals surface area contributed by atoms with Gasteiger partial charge in [0.25, 0.3) is 0 Å². The maximum atomic E-state index is 9.99. The van der Waals surface area contributed by atoms with Gasteiger partial charge in [-0.1, -0.05) is 19.9 Å². The molecule has 2 aromatic carbocycles. The predicted molar refractivity (Wildman–Crippen MR) is 75.6 cm³/mol. The Kier molecular flexibility index (Phi) is 3.65. The van der Waals surface area contributed by atoms with E-state index in [1.807, 2.05) is 19.9 Å². The highest BCUT2D eigenvalue weighted by atomic mass is 16.3. The van der Waals surface area contributed by atoms with Crippen molar-refractivity contribution in [3.63, 3.8) is 0 Å². The third kappa shape index (κ3) is 2.65. The molecule has 100 valence electrons. The van der Waals surface area contributed by atoms with Crippen LogP contribution in [0.1, 0.15) is 25.0 Å². The van der Waals surface area contributed by atoms with Crippen molar-refractivity contribution in [2.45, 2.75) is 26.7 Å². The summed E-state index contributed by atoms with van der Waals surface area (Å²) < 4.78 is 0. The Balaban J connectivity index is 2.63. The topological polar surface area (TPSA) is 60.7 Å². The molecule has 0 saturated heterocycles. The maximum Gasteiger partial charge on any atom is 0.119 e. The van der Waals surface area contributed by atoms with Gasteiger partial charge in [0.1, 0.15) is 17.2 Å². The first-order valence-corrected chi connectivity index (χ1v) is 6.43. The predicted octanol–water partition coefficient (Wildman–Crippen LogP) is 3.60. The molecule has 0 unspecified atom stereocenters. The summed E-state index contributed by atoms with van der Waals surface area (Å²) in [4.78, 5) is 0. The number of aryl methyl sites for hydroxylation is 2. The SMILES string of the molecule is CCc1cc(CC)c(-c2cc(O)cc(O)c2)cc1O. The summed E-state index contributed by atoms with van der Waals surface area (Å²) in [6, 6.07) is 8.13. The average molecular weight is 258 g/mol. The Morgan fingerprint density at radius 2 is 1.32 bits per heavy atom. The van der Waals surface area contributed by atoms with Gasteiger partial charge in [0, 0.05) is 6.07 Å². The van der Waals surface area contributed by atoms with Crippen molar-refractivity contribution in [2.24, 2.45) is 0 Å². The number of phenolic OH excluding ortho intramolecular Hbond substituents is 3. The smallest absolute Gasteiger partial charge is 0.119 e. The van der Waals surface area contributed by atoms with E-state index in [-0.39, 0.29) is 17.2 Å². The van der Waals surface area contributed by atoms with Crippen molar-refractivity contribution in [1.29, 1.82) is 0 Å². The largest absolute Gasteiger partial charge is 0.508 e. The van der Waals surface area contributed by atoms with Crippen LogP contribution in [0.5, 0.6) is 17.2 Å². The molecule has 19 heavy (non-hydrogen) atoms. The minimum atomic E-state index is 0.0103. The highest BCUT2D eigenvalue weighted by molar-refractivity contribution is 5.72. The third-order valence-corrected chi connectivity index (χ3v) is 3.28. The second-order valence-electron chi connectivity index (χ2n) is 4.58. The molecule has 0 radical (unpaired) electrons. The molecule has 0 aromatic heterocycles. The van der Waals surface area contributed by atoms with Gasteiger partial charge >= 0.3 is 0 Å². The zero-order valence-electron chi connectivity index (χ0n) is 11.1. The van der Waals surface area contributed by atoms with E-state index in [2.05, 4.69) is 0 Å². The lowest BCUT2D eigenvalue weighted by Gasteiger charge is -2.13. The van der Waals surface area contributed by atoms with Crippen molar-refractivity contribution >= 4 is 0 Å². The molecule has 0 bridgehead atoms. The van der Waals surface area contributed by atoms with Crippen molar-refractivity contribution < 1.29 is 15.3 Å². The van der Waals surface area contributed by atoms with Crippen LogP contribution in [-0.4, -0.2) is 15.3 Å². The average Bonchev–Trinajstić information content (AvgIpc) is 2.37. The molecule has 0 aliphatic rings. The molecular formula is C16H18O3. The normalized spacial score (nSPS) is 10.6. The molecule has 0 spiro atoms. The number of hydrogen-bond acceptors (Lipinski definition) is 3. The van der Waals surface area contributed by atoms with Crippen molar-refractivity contribution in [2.75, 3.05) is 0 Å². The number of hydrogen-bond donors (Lipinski definition) is 3. The first-order valence-electron chi connectivity index (χ1n) is 6.43. The highest BCUT2D eigenvalue weighted by Crippen LogP contribution is 2.34. The van der Waals surface area contributed by atoms with Crippen LogP contribution < -0.4 is 0 Å². The van der Waals surface area contributed by atoms with E-state index in [1.165, 1.54) is 6.07 Å². The zero-order chi connectivity index (χ0) is 14.0. The molecule has 3 heteroatoms. The lowest BCUT2D eigenvalue weighted by molar-refractivity contribution is 0.451. The van der Waals surface area contributed by atoms with E-state index >= 15 is 0 Å². The number of phenols is 3. The fourth-order valence-electron chi connectivity index (χ4n) is 2.28. The van der Waals surface area contributed by atoms with Crippen molar-refractivity contribution in [3.05, 3.63) is 41.5 Å². The fraction of sp³-hybridized carbons (Fsp3) is 0.250. The Hall–Kier alpha value is -2.16. The van der Waals surface area contributed by atoms with Crippen LogP contribution in [-0.2, 0) is 12.8 Å². The van der Waals surface area contributed by atoms with Gasteiger partial charge in [-0.3, -0.25) is 0 Å². The minimum Gasteiger partial charge on any atom is -0.508 e. The van der Waals surface area contributed by atoms with Crippen LogP contribution in [0, 0.1) is 0 Å². The summed E-state index contributed by atoms with van der Waals surface area (Å²) in [7, 11) is 0. The molecule has 0 aliphatic carbocycles. The number of rotatable bonds is 3. The van der Waals surface area contributed by atoms with Gasteiger partial charge in [-0.05, 0) is 53.3 Å². The van der Waals surface area contributed by atoms with Crippen LogP contribution >= 0.6 is 0 Å². The fourth-order valence-corrected chi connectivity index (χ4v) is 2.28. The Bertz CT molecular complexity index is 583. The molecule has 0 aliphatic heterocycles. The second kappa shape index (κ2) is 5.22. The van der Waals surface area contributed by atoms with Gasteiger partial charge < -0.3 is 15.3 Å². The Labute approximate surface area is 112 Å². The van der Waals surface area contributed by atoms with Gasteiger partial charge in [0.05, 0.1) is 0 Å². The summed E-state index contributed by atoms with van der Waals surface area (Å²) in [6.45, 7) is 4.03. The maximum absolute atomic E-state index is 9.99. The minimum absolute atomic E-state index is 0.0103. The van der Waals surface area contributed by atoms with Crippen LogP contribution in [0.2, 0.25) is 0 Å². The lowest BCUT2D eigenvalue weighted by Crippen LogP contribution is -1.92. The molecule has 2 rings (SSSR count). The van der Waals surface area contributed by atoms with Crippen molar-refractivity contribution in [1.82, 2.24) is 0 Å². The number of benzene rings is 2. The van der Waals surface area contributed by atoms with E-state index in [9.17, 15) is 15.3 Å². The summed E-state index contributed by atoms with van der Waals surface area (Å²) in [6.07, 6.45) is 1.59. The molecular weight excluding hydrogens is 240 g/mol. The van der Waals surface area contributed by atoms with Gasteiger partial charge in [0.2, 0.25) is 0 Å². The summed E-state index contributed by atoms with van der Waals surface area (Å²) in [5.41, 5.74) is 3.53. The first kappa shape index (κ1) is 13.3. The molecule has 2 aromatic rings. The van der Waals surface area contributed by atoms with Gasteiger partial charge in [-0.15, -0.1) is 0 Å². The molecule has 0 atom stereocenters. The lowest BCUT2D eigenvalue weighted by atomic mass is 9.94. The molecule has 3 N–H and O–H groups in total. The quantitative estimate of drug-likeness (QED) is 0.788. The van der Waals surface area contributed by atoms with Crippen LogP contribution in [0.4, 0.5) is 0 Å². The molecule has 0 amide bonds. The van der Waals surface area contributed by atoms with Crippen molar-refractivity contribution in [3.8, 4) is 28.4 Å². The Morgan fingerprint density at radius 3 is 1.84 bits per heavy atom. The van der Waals surface area contributed by atoms with Gasteiger partial charge in [-0.2, -0.15) is 0 Å². The van der Waals surface area contributed by atoms with E-state index in [1.54, 1.807) is 18.2 Å². The van der Waals surface area contributed by atoms with Crippen LogP contribution in [0.25, 0.3) is 11.1 Å². The molecule has 0 heterocycles. The monoisotopic (exact) mass is 258 g/mol. The zero-order valence-corrected chi connectivity index (χ0v) is 11.1. The standard InChI is InChI=1S/C16H18O3/c1-3-10-5-11(4-2)16(19)9-15(10)12-6-13(17)8-14(18)7-12/h5-9,17-19H,3-4H2,1-2H3. The second-order valence-corrected chi connectivity index (χ2v) is 4.58. The van der Waals surface area contributed by atoms with E-state index in [0.717, 1.165) is 29.5 Å². The van der Waals surface area contributed by atoms with Gasteiger partial charge in [-0.25, -0.2) is 0 Å². The molecule has 3 nitrogen and oxygen atoms in total. The van der Waals surface area contributed by atoms with Crippen LogP contribution in [0.3, 0.4) is 0 Å². The molecule has 0 saturated carbocycles. The highest BCUT2D eigenvalue weighted by Gasteiger charge is 2.10. The summed E-state index contributed by atoms with van der Waals surface area (Å²) >= 11 is 0. The van der Waals surface area contributed by atoms with E-state index in [0.29, 0.717) is 5.56 Å². The first-order chi connectivity index (χ1) is 9.05. The summed E-state index contributed by atoms with van der Waals surface area (Å²) in [5, 5.41) is 29.1. The van der Waals surface area contributed by atoms with E-state index in [4.69, 9.17) is 0 Å². The molecule has 0 fully saturated rings. The van der Waals surface area contributed by atoms with Crippen LogP contribution in [0.15, 0.2) is 30.3 Å². The van der Waals surface area contributed by atoms with E-state index < -0.39 is 0 Å². The van der Waals surface area contributed by atoms with Gasteiger partial charge in [0.15, 0.2) is 0 Å². The number of aromatic hydroxyl groups is 3. The Morgan fingerprint density at radius 1 is 0.737 bits per heavy atom.